The molecule has 0 radical (unpaired) electrons. The highest BCUT2D eigenvalue weighted by atomic mass is 16.3. The van der Waals surface area contributed by atoms with Gasteiger partial charge in [-0.3, -0.25) is 9.89 Å². The summed E-state index contributed by atoms with van der Waals surface area (Å²) in [4.78, 5) is 13.0. The van der Waals surface area contributed by atoms with E-state index in [1.807, 2.05) is 32.0 Å². The van der Waals surface area contributed by atoms with Crippen LogP contribution in [0.25, 0.3) is 22.6 Å². The molecule has 0 saturated heterocycles. The first-order chi connectivity index (χ1) is 15.8. The first-order valence-electron chi connectivity index (χ1n) is 10.4. The van der Waals surface area contributed by atoms with E-state index in [4.69, 9.17) is 0 Å². The second kappa shape index (κ2) is 8.63. The molecule has 0 aliphatic heterocycles. The second-order valence-electron chi connectivity index (χ2n) is 7.90. The predicted molar refractivity (Wildman–Crippen MR) is 130 cm³/mol. The van der Waals surface area contributed by atoms with E-state index in [0.717, 1.165) is 11.1 Å². The minimum Gasteiger partial charge on any atom is -0.508 e. The molecule has 3 aromatic carbocycles. The van der Waals surface area contributed by atoms with Gasteiger partial charge in [-0.25, -0.2) is 4.68 Å². The van der Waals surface area contributed by atoms with Crippen molar-refractivity contribution in [3.05, 3.63) is 100.0 Å². The van der Waals surface area contributed by atoms with Gasteiger partial charge in [0.25, 0.3) is 5.56 Å². The third-order valence-electron chi connectivity index (χ3n) is 5.57. The van der Waals surface area contributed by atoms with Gasteiger partial charge < -0.3 is 10.2 Å². The number of para-hydroxylation sites is 1. The Morgan fingerprint density at radius 2 is 1.73 bits per heavy atom. The number of azo groups is 1. The number of aliphatic hydroxyl groups excluding tert-OH is 1. The van der Waals surface area contributed by atoms with Crippen molar-refractivity contribution in [3.8, 4) is 22.6 Å². The van der Waals surface area contributed by atoms with Crippen molar-refractivity contribution in [2.75, 3.05) is 0 Å². The summed E-state index contributed by atoms with van der Waals surface area (Å²) in [7, 11) is 0. The highest BCUT2D eigenvalue weighted by Gasteiger charge is 2.14. The normalized spacial score (nSPS) is 11.2. The van der Waals surface area contributed by atoms with Gasteiger partial charge in [-0.05, 0) is 61.7 Å². The summed E-state index contributed by atoms with van der Waals surface area (Å²) in [6, 6.07) is 17.9. The van der Waals surface area contributed by atoms with Gasteiger partial charge in [0, 0.05) is 11.1 Å². The number of phenolic OH excluding ortho intramolecular Hbond substituents is 1. The summed E-state index contributed by atoms with van der Waals surface area (Å²) < 4.78 is 1.43. The lowest BCUT2D eigenvalue weighted by Gasteiger charge is -2.08. The number of hydrogen-bond donors (Lipinski definition) is 3. The molecule has 0 spiro atoms. The van der Waals surface area contributed by atoms with Crippen molar-refractivity contribution >= 4 is 17.1 Å². The molecule has 0 fully saturated rings. The maximum Gasteiger partial charge on any atom is 0.299 e. The van der Waals surface area contributed by atoms with Crippen molar-refractivity contribution in [1.82, 2.24) is 9.78 Å². The zero-order chi connectivity index (χ0) is 23.7. The highest BCUT2D eigenvalue weighted by molar-refractivity contribution is 5.78. The maximum absolute atomic E-state index is 13.0. The van der Waals surface area contributed by atoms with Crippen molar-refractivity contribution in [3.63, 3.8) is 0 Å². The Labute approximate surface area is 191 Å². The zero-order valence-corrected chi connectivity index (χ0v) is 18.6. The molecule has 4 aromatic rings. The standard InChI is InChI=1S/C26H24N4O3/c1-15-11-12-21(13-16(15)2)30-26(33)24(17(3)29-30)28-27-23-10-6-9-22(25(23)32)20-8-5-7-19(14-20)18(4)31/h5-14,29,31-32H,4H2,1-3H3. The van der Waals surface area contributed by atoms with Gasteiger partial charge in [0.15, 0.2) is 11.4 Å². The molecule has 1 heterocycles. The van der Waals surface area contributed by atoms with Gasteiger partial charge in [0.05, 0.1) is 11.4 Å². The Kier molecular flexibility index (Phi) is 5.70. The van der Waals surface area contributed by atoms with E-state index in [-0.39, 0.29) is 28.4 Å². The number of aromatic nitrogens is 2. The van der Waals surface area contributed by atoms with Gasteiger partial charge in [0.1, 0.15) is 11.4 Å². The van der Waals surface area contributed by atoms with Gasteiger partial charge in [0.2, 0.25) is 0 Å². The summed E-state index contributed by atoms with van der Waals surface area (Å²) >= 11 is 0. The van der Waals surface area contributed by atoms with Crippen LogP contribution in [0.2, 0.25) is 0 Å². The number of aliphatic hydroxyl groups is 1. The molecule has 1 aromatic heterocycles. The molecule has 0 unspecified atom stereocenters. The van der Waals surface area contributed by atoms with Gasteiger partial charge >= 0.3 is 0 Å². The number of phenols is 1. The van der Waals surface area contributed by atoms with E-state index in [9.17, 15) is 15.0 Å². The molecule has 0 aliphatic carbocycles. The molecular formula is C26H24N4O3. The van der Waals surface area contributed by atoms with Crippen LogP contribution in [0.4, 0.5) is 11.4 Å². The van der Waals surface area contributed by atoms with Crippen LogP contribution in [0.15, 0.2) is 82.3 Å². The molecule has 0 aliphatic rings. The van der Waals surface area contributed by atoms with Crippen LogP contribution in [-0.4, -0.2) is 20.0 Å². The van der Waals surface area contributed by atoms with E-state index < -0.39 is 0 Å². The molecule has 0 atom stereocenters. The number of hydrogen-bond acceptors (Lipinski definition) is 5. The zero-order valence-electron chi connectivity index (χ0n) is 18.6. The topological polar surface area (TPSA) is 103 Å². The van der Waals surface area contributed by atoms with Crippen LogP contribution in [0.3, 0.4) is 0 Å². The predicted octanol–water partition coefficient (Wildman–Crippen LogP) is 6.41. The molecule has 0 saturated carbocycles. The van der Waals surface area contributed by atoms with E-state index in [1.165, 1.54) is 4.68 Å². The number of aryl methyl sites for hydroxylation is 3. The van der Waals surface area contributed by atoms with E-state index in [1.54, 1.807) is 49.4 Å². The number of H-pyrrole nitrogens is 1. The number of rotatable bonds is 5. The minimum atomic E-state index is -0.329. The summed E-state index contributed by atoms with van der Waals surface area (Å²) in [5.41, 5.74) is 5.30. The Hall–Kier alpha value is -4.39. The lowest BCUT2D eigenvalue weighted by atomic mass is 10.0. The van der Waals surface area contributed by atoms with Crippen LogP contribution in [0, 0.1) is 20.8 Å². The Bertz CT molecular complexity index is 1460. The van der Waals surface area contributed by atoms with Crippen LogP contribution in [0.5, 0.6) is 5.75 Å². The fraction of sp³-hybridized carbons (Fsp3) is 0.115. The molecule has 3 N–H and O–H groups in total. The lowest BCUT2D eigenvalue weighted by Crippen LogP contribution is -2.14. The average molecular weight is 441 g/mol. The van der Waals surface area contributed by atoms with E-state index in [0.29, 0.717) is 28.1 Å². The molecule has 0 bridgehead atoms. The molecule has 33 heavy (non-hydrogen) atoms. The van der Waals surface area contributed by atoms with Crippen molar-refractivity contribution < 1.29 is 10.2 Å². The van der Waals surface area contributed by atoms with Crippen LogP contribution >= 0.6 is 0 Å². The van der Waals surface area contributed by atoms with Crippen LogP contribution in [0.1, 0.15) is 22.4 Å². The number of nitrogens with one attached hydrogen (secondary N) is 1. The third kappa shape index (κ3) is 4.21. The number of nitrogens with zero attached hydrogens (tertiary/aromatic N) is 3. The fourth-order valence-corrected chi connectivity index (χ4v) is 3.52. The van der Waals surface area contributed by atoms with Crippen molar-refractivity contribution in [1.29, 1.82) is 0 Å². The second-order valence-corrected chi connectivity index (χ2v) is 7.90. The molecule has 166 valence electrons. The first kappa shape index (κ1) is 21.8. The molecular weight excluding hydrogens is 416 g/mol. The smallest absolute Gasteiger partial charge is 0.299 e. The highest BCUT2D eigenvalue weighted by Crippen LogP contribution is 2.38. The van der Waals surface area contributed by atoms with Crippen LogP contribution in [-0.2, 0) is 0 Å². The molecule has 4 rings (SSSR count). The number of aromatic amines is 1. The average Bonchev–Trinajstić information content (AvgIpc) is 3.08. The number of benzene rings is 3. The summed E-state index contributed by atoms with van der Waals surface area (Å²) in [6.07, 6.45) is 0. The monoisotopic (exact) mass is 440 g/mol. The van der Waals surface area contributed by atoms with E-state index in [2.05, 4.69) is 21.9 Å². The van der Waals surface area contributed by atoms with Gasteiger partial charge in [-0.15, -0.1) is 10.2 Å². The van der Waals surface area contributed by atoms with Crippen LogP contribution < -0.4 is 5.56 Å². The largest absolute Gasteiger partial charge is 0.508 e. The lowest BCUT2D eigenvalue weighted by molar-refractivity contribution is 0.478. The summed E-state index contributed by atoms with van der Waals surface area (Å²) in [6.45, 7) is 9.28. The molecule has 0 amide bonds. The van der Waals surface area contributed by atoms with E-state index >= 15 is 0 Å². The number of aromatic hydroxyl groups is 1. The molecule has 7 heteroatoms. The van der Waals surface area contributed by atoms with Crippen molar-refractivity contribution in [2.24, 2.45) is 10.2 Å². The van der Waals surface area contributed by atoms with Gasteiger partial charge in [-0.2, -0.15) is 0 Å². The SMILES string of the molecule is C=C(O)c1cccc(-c2cccc(N=Nc3c(C)[nH]n(-c4ccc(C)c(C)c4)c3=O)c2O)c1. The van der Waals surface area contributed by atoms with Gasteiger partial charge in [-0.1, -0.05) is 43.0 Å². The Morgan fingerprint density at radius 1 is 0.970 bits per heavy atom. The minimum absolute atomic E-state index is 0.0600. The molecule has 7 nitrogen and oxygen atoms in total. The fourth-order valence-electron chi connectivity index (χ4n) is 3.52. The Balaban J connectivity index is 1.71. The summed E-state index contributed by atoms with van der Waals surface area (Å²) in [5, 5.41) is 31.8. The Morgan fingerprint density at radius 3 is 2.45 bits per heavy atom. The third-order valence-corrected chi connectivity index (χ3v) is 5.57. The maximum atomic E-state index is 13.0. The summed E-state index contributed by atoms with van der Waals surface area (Å²) in [5.74, 6) is -0.139. The van der Waals surface area contributed by atoms with Crippen molar-refractivity contribution in [2.45, 2.75) is 20.8 Å². The quantitative estimate of drug-likeness (QED) is 0.247. The first-order valence-corrected chi connectivity index (χ1v) is 10.4.